The Morgan fingerprint density at radius 2 is 1.83 bits per heavy atom. The van der Waals surface area contributed by atoms with E-state index in [-0.39, 0.29) is 18.4 Å². The first-order valence-corrected chi connectivity index (χ1v) is 5.77. The number of hydrogen-bond donors (Lipinski definition) is 0. The molecule has 2 nitrogen and oxygen atoms in total. The van der Waals surface area contributed by atoms with Crippen molar-refractivity contribution in [2.75, 3.05) is 0 Å². The first-order valence-electron chi connectivity index (χ1n) is 5.77. The Bertz CT molecular complexity index is 480. The van der Waals surface area contributed by atoms with Crippen molar-refractivity contribution < 1.29 is 18.0 Å². The lowest BCUT2D eigenvalue weighted by molar-refractivity contribution is -0.137. The first-order chi connectivity index (χ1) is 8.29. The number of alkyl halides is 3. The lowest BCUT2D eigenvalue weighted by Crippen LogP contribution is -2.29. The highest BCUT2D eigenvalue weighted by Gasteiger charge is 2.33. The summed E-state index contributed by atoms with van der Waals surface area (Å²) in [5, 5.41) is 0. The average molecular weight is 257 g/mol. The topological polar surface area (TPSA) is 20.3 Å². The van der Waals surface area contributed by atoms with E-state index < -0.39 is 11.7 Å². The number of benzene rings is 1. The molecule has 0 atom stereocenters. The van der Waals surface area contributed by atoms with Gasteiger partial charge in [-0.15, -0.1) is 0 Å². The Morgan fingerprint density at radius 1 is 1.22 bits per heavy atom. The summed E-state index contributed by atoms with van der Waals surface area (Å²) in [6.07, 6.45) is -4.33. The molecule has 5 heteroatoms. The zero-order chi connectivity index (χ0) is 13.5. The van der Waals surface area contributed by atoms with Crippen molar-refractivity contribution in [1.29, 1.82) is 0 Å². The van der Waals surface area contributed by atoms with Crippen molar-refractivity contribution in [2.24, 2.45) is 5.92 Å². The predicted octanol–water partition coefficient (Wildman–Crippen LogP) is 3.20. The fourth-order valence-corrected chi connectivity index (χ4v) is 2.09. The van der Waals surface area contributed by atoms with E-state index in [0.29, 0.717) is 12.1 Å². The molecular formula is C13H14F3NO. The van der Waals surface area contributed by atoms with Crippen molar-refractivity contribution >= 4 is 5.91 Å². The van der Waals surface area contributed by atoms with Crippen LogP contribution in [0.1, 0.15) is 30.5 Å². The number of nitrogens with zero attached hydrogens (tertiary/aromatic N) is 1. The van der Waals surface area contributed by atoms with Gasteiger partial charge in [-0.1, -0.05) is 19.9 Å². The normalized spacial score (nSPS) is 15.1. The molecule has 1 aliphatic rings. The van der Waals surface area contributed by atoms with Crippen LogP contribution in [0.2, 0.25) is 0 Å². The highest BCUT2D eigenvalue weighted by Crippen LogP contribution is 2.33. The third-order valence-corrected chi connectivity index (χ3v) is 3.06. The van der Waals surface area contributed by atoms with E-state index in [9.17, 15) is 18.0 Å². The van der Waals surface area contributed by atoms with Crippen LogP contribution in [0.5, 0.6) is 0 Å². The van der Waals surface area contributed by atoms with E-state index in [0.717, 1.165) is 17.7 Å². The number of halogens is 3. The Labute approximate surface area is 103 Å². The van der Waals surface area contributed by atoms with Gasteiger partial charge in [0.2, 0.25) is 5.91 Å². The van der Waals surface area contributed by atoms with Gasteiger partial charge >= 0.3 is 6.18 Å². The van der Waals surface area contributed by atoms with E-state index in [1.165, 1.54) is 6.07 Å². The van der Waals surface area contributed by atoms with Gasteiger partial charge in [0, 0.05) is 19.0 Å². The number of amides is 1. The molecule has 0 N–H and O–H groups in total. The first kappa shape index (κ1) is 12.9. The van der Waals surface area contributed by atoms with E-state index in [2.05, 4.69) is 0 Å². The number of hydrogen-bond acceptors (Lipinski definition) is 1. The minimum absolute atomic E-state index is 0.0280. The van der Waals surface area contributed by atoms with Gasteiger partial charge in [-0.3, -0.25) is 4.79 Å². The number of carbonyl (C=O) groups is 1. The SMILES string of the molecule is CC(C)C(=O)N1Cc2ccc(C(F)(F)F)cc2C1. The number of fused-ring (bicyclic) bond motifs is 1. The molecule has 1 heterocycles. The van der Waals surface area contributed by atoms with Gasteiger partial charge in [0.25, 0.3) is 0 Å². The number of rotatable bonds is 1. The summed E-state index contributed by atoms with van der Waals surface area (Å²) in [7, 11) is 0. The number of carbonyl (C=O) groups excluding carboxylic acids is 1. The van der Waals surface area contributed by atoms with Gasteiger partial charge in [-0.05, 0) is 23.3 Å². The van der Waals surface area contributed by atoms with Crippen LogP contribution in [-0.2, 0) is 24.1 Å². The molecule has 0 saturated heterocycles. The second-order valence-electron chi connectivity index (χ2n) is 4.83. The summed E-state index contributed by atoms with van der Waals surface area (Å²) in [6, 6.07) is 3.68. The van der Waals surface area contributed by atoms with Crippen molar-refractivity contribution in [1.82, 2.24) is 4.90 Å². The fraction of sp³-hybridized carbons (Fsp3) is 0.462. The highest BCUT2D eigenvalue weighted by molar-refractivity contribution is 5.78. The van der Waals surface area contributed by atoms with Crippen LogP contribution < -0.4 is 0 Å². The van der Waals surface area contributed by atoms with Gasteiger partial charge in [-0.2, -0.15) is 13.2 Å². The molecule has 1 aromatic carbocycles. The van der Waals surface area contributed by atoms with Crippen molar-refractivity contribution in [3.8, 4) is 0 Å². The van der Waals surface area contributed by atoms with Crippen LogP contribution in [0.15, 0.2) is 18.2 Å². The predicted molar refractivity (Wildman–Crippen MR) is 60.5 cm³/mol. The molecule has 98 valence electrons. The van der Waals surface area contributed by atoms with Gasteiger partial charge < -0.3 is 4.90 Å². The van der Waals surface area contributed by atoms with E-state index in [4.69, 9.17) is 0 Å². The second kappa shape index (κ2) is 4.30. The molecule has 0 spiro atoms. The maximum atomic E-state index is 12.6. The molecule has 1 aliphatic heterocycles. The summed E-state index contributed by atoms with van der Waals surface area (Å²) in [6.45, 7) is 4.25. The van der Waals surface area contributed by atoms with Gasteiger partial charge in [-0.25, -0.2) is 0 Å². The zero-order valence-electron chi connectivity index (χ0n) is 10.2. The molecular weight excluding hydrogens is 243 g/mol. The largest absolute Gasteiger partial charge is 0.416 e. The summed E-state index contributed by atoms with van der Waals surface area (Å²) in [5.74, 6) is -0.166. The molecule has 0 aliphatic carbocycles. The Balaban J connectivity index is 2.23. The maximum absolute atomic E-state index is 12.6. The third-order valence-electron chi connectivity index (χ3n) is 3.06. The average Bonchev–Trinajstić information content (AvgIpc) is 2.68. The van der Waals surface area contributed by atoms with Crippen molar-refractivity contribution in [3.63, 3.8) is 0 Å². The molecule has 0 fully saturated rings. The quantitative estimate of drug-likeness (QED) is 0.756. The Morgan fingerprint density at radius 3 is 2.39 bits per heavy atom. The van der Waals surface area contributed by atoms with Gasteiger partial charge in [0.15, 0.2) is 0 Å². The van der Waals surface area contributed by atoms with Crippen LogP contribution >= 0.6 is 0 Å². The molecule has 18 heavy (non-hydrogen) atoms. The monoisotopic (exact) mass is 257 g/mol. The van der Waals surface area contributed by atoms with Gasteiger partial charge in [0.1, 0.15) is 0 Å². The van der Waals surface area contributed by atoms with Crippen LogP contribution in [0.25, 0.3) is 0 Å². The molecule has 0 bridgehead atoms. The highest BCUT2D eigenvalue weighted by atomic mass is 19.4. The molecule has 1 amide bonds. The lowest BCUT2D eigenvalue weighted by Gasteiger charge is -2.17. The van der Waals surface area contributed by atoms with Crippen molar-refractivity contribution in [2.45, 2.75) is 33.1 Å². The standard InChI is InChI=1S/C13H14F3NO/c1-8(2)12(18)17-6-9-3-4-11(13(14,15)16)5-10(9)7-17/h3-5,8H,6-7H2,1-2H3. The summed E-state index contributed by atoms with van der Waals surface area (Å²) in [5.41, 5.74) is 0.746. The maximum Gasteiger partial charge on any atom is 0.416 e. The molecule has 0 unspecified atom stereocenters. The summed E-state index contributed by atoms with van der Waals surface area (Å²) >= 11 is 0. The molecule has 0 aromatic heterocycles. The second-order valence-corrected chi connectivity index (χ2v) is 4.83. The smallest absolute Gasteiger partial charge is 0.334 e. The van der Waals surface area contributed by atoms with Crippen LogP contribution in [0.3, 0.4) is 0 Å². The minimum atomic E-state index is -4.33. The van der Waals surface area contributed by atoms with Crippen LogP contribution in [0, 0.1) is 5.92 Å². The molecule has 0 radical (unpaired) electrons. The van der Waals surface area contributed by atoms with Gasteiger partial charge in [0.05, 0.1) is 5.56 Å². The summed E-state index contributed by atoms with van der Waals surface area (Å²) < 4.78 is 37.7. The third kappa shape index (κ3) is 2.35. The van der Waals surface area contributed by atoms with Crippen LogP contribution in [-0.4, -0.2) is 10.8 Å². The fourth-order valence-electron chi connectivity index (χ4n) is 2.09. The molecule has 0 saturated carbocycles. The zero-order valence-corrected chi connectivity index (χ0v) is 10.2. The molecule has 1 aromatic rings. The van der Waals surface area contributed by atoms with E-state index in [1.807, 2.05) is 0 Å². The van der Waals surface area contributed by atoms with Crippen LogP contribution in [0.4, 0.5) is 13.2 Å². The summed E-state index contributed by atoms with van der Waals surface area (Å²) in [4.78, 5) is 13.4. The minimum Gasteiger partial charge on any atom is -0.334 e. The Kier molecular flexibility index (Phi) is 3.09. The Hall–Kier alpha value is -1.52. The molecule has 2 rings (SSSR count). The lowest BCUT2D eigenvalue weighted by atomic mass is 10.1. The van der Waals surface area contributed by atoms with Crippen molar-refractivity contribution in [3.05, 3.63) is 34.9 Å². The van der Waals surface area contributed by atoms with E-state index in [1.54, 1.807) is 18.7 Å². The van der Waals surface area contributed by atoms with E-state index >= 15 is 0 Å².